The van der Waals surface area contributed by atoms with Crippen molar-refractivity contribution in [2.45, 2.75) is 32.5 Å². The van der Waals surface area contributed by atoms with Crippen molar-refractivity contribution in [3.63, 3.8) is 0 Å². The van der Waals surface area contributed by atoms with Crippen molar-refractivity contribution < 1.29 is 14.2 Å². The Morgan fingerprint density at radius 1 is 1.33 bits per heavy atom. The Hall–Kier alpha value is -1.26. The number of anilines is 1. The van der Waals surface area contributed by atoms with Gasteiger partial charge in [-0.1, -0.05) is 0 Å². The summed E-state index contributed by atoms with van der Waals surface area (Å²) in [6.07, 6.45) is 1.39. The molecule has 2 rings (SSSR count). The number of hydrogen-bond acceptors (Lipinski definition) is 4. The van der Waals surface area contributed by atoms with E-state index in [9.17, 15) is 0 Å². The third-order valence-corrected chi connectivity index (χ3v) is 2.73. The fraction of sp³-hybridized carbons (Fsp3) is 0.571. The average Bonchev–Trinajstić information content (AvgIpc) is 2.38. The topological polar surface area (TPSA) is 39.7 Å². The van der Waals surface area contributed by atoms with Gasteiger partial charge in [0.25, 0.3) is 0 Å². The lowest BCUT2D eigenvalue weighted by Crippen LogP contribution is -2.30. The van der Waals surface area contributed by atoms with Crippen molar-refractivity contribution in [1.82, 2.24) is 0 Å². The molecule has 1 aliphatic rings. The summed E-state index contributed by atoms with van der Waals surface area (Å²) in [5, 5.41) is 3.36. The molecule has 1 atom stereocenters. The Morgan fingerprint density at radius 3 is 2.72 bits per heavy atom. The van der Waals surface area contributed by atoms with Gasteiger partial charge < -0.3 is 19.5 Å². The Morgan fingerprint density at radius 2 is 2.11 bits per heavy atom. The number of ether oxygens (including phenoxy) is 3. The summed E-state index contributed by atoms with van der Waals surface area (Å²) < 4.78 is 16.2. The highest BCUT2D eigenvalue weighted by molar-refractivity contribution is 5.46. The van der Waals surface area contributed by atoms with Crippen molar-refractivity contribution in [3.8, 4) is 5.75 Å². The third-order valence-electron chi connectivity index (χ3n) is 2.73. The average molecular weight is 251 g/mol. The van der Waals surface area contributed by atoms with E-state index in [1.165, 1.54) is 0 Å². The van der Waals surface area contributed by atoms with Crippen LogP contribution in [-0.2, 0) is 9.47 Å². The molecule has 4 nitrogen and oxygen atoms in total. The van der Waals surface area contributed by atoms with Gasteiger partial charge in [-0.25, -0.2) is 0 Å². The zero-order valence-electron chi connectivity index (χ0n) is 11.0. The van der Waals surface area contributed by atoms with Gasteiger partial charge in [-0.05, 0) is 44.5 Å². The van der Waals surface area contributed by atoms with Crippen LogP contribution in [0.3, 0.4) is 0 Å². The molecule has 1 saturated heterocycles. The zero-order valence-corrected chi connectivity index (χ0v) is 11.0. The maximum Gasteiger partial charge on any atom is 0.147 e. The minimum atomic E-state index is 0.208. The Labute approximate surface area is 108 Å². The molecule has 100 valence electrons. The van der Waals surface area contributed by atoms with Crippen molar-refractivity contribution in [2.24, 2.45) is 0 Å². The van der Waals surface area contributed by atoms with Crippen LogP contribution >= 0.6 is 0 Å². The van der Waals surface area contributed by atoms with Crippen molar-refractivity contribution >= 4 is 5.69 Å². The molecule has 0 aromatic heterocycles. The third kappa shape index (κ3) is 4.20. The van der Waals surface area contributed by atoms with Crippen LogP contribution in [0.25, 0.3) is 0 Å². The van der Waals surface area contributed by atoms with Crippen LogP contribution in [-0.4, -0.2) is 32.2 Å². The fourth-order valence-electron chi connectivity index (χ4n) is 1.82. The first kappa shape index (κ1) is 13.2. The SMILES string of the molecule is CC(C)Oc1ccc(NCC2CCOCO2)cc1. The normalized spacial score (nSPS) is 19.8. The van der Waals surface area contributed by atoms with Crippen molar-refractivity contribution in [1.29, 1.82) is 0 Å². The first-order valence-electron chi connectivity index (χ1n) is 6.44. The summed E-state index contributed by atoms with van der Waals surface area (Å²) in [4.78, 5) is 0. The van der Waals surface area contributed by atoms with Gasteiger partial charge >= 0.3 is 0 Å². The fourth-order valence-corrected chi connectivity index (χ4v) is 1.82. The molecule has 1 N–H and O–H groups in total. The summed E-state index contributed by atoms with van der Waals surface area (Å²) in [7, 11) is 0. The molecular formula is C14H21NO3. The van der Waals surface area contributed by atoms with Gasteiger partial charge in [0.05, 0.1) is 18.8 Å². The predicted octanol–water partition coefficient (Wildman–Crippen LogP) is 2.65. The van der Waals surface area contributed by atoms with Crippen LogP contribution in [0.1, 0.15) is 20.3 Å². The molecule has 0 saturated carbocycles. The van der Waals surface area contributed by atoms with E-state index in [0.29, 0.717) is 6.79 Å². The van der Waals surface area contributed by atoms with Crippen LogP contribution in [0, 0.1) is 0 Å². The maximum absolute atomic E-state index is 5.59. The molecular weight excluding hydrogens is 230 g/mol. The highest BCUT2D eigenvalue weighted by Crippen LogP contribution is 2.17. The summed E-state index contributed by atoms with van der Waals surface area (Å²) in [5.74, 6) is 0.901. The molecule has 1 heterocycles. The molecule has 0 aliphatic carbocycles. The van der Waals surface area contributed by atoms with Crippen molar-refractivity contribution in [3.05, 3.63) is 24.3 Å². The highest BCUT2D eigenvalue weighted by Gasteiger charge is 2.13. The first-order valence-corrected chi connectivity index (χ1v) is 6.44. The molecule has 0 radical (unpaired) electrons. The van der Waals surface area contributed by atoms with E-state index in [1.54, 1.807) is 0 Å². The zero-order chi connectivity index (χ0) is 12.8. The van der Waals surface area contributed by atoms with Gasteiger partial charge in [0.2, 0.25) is 0 Å². The molecule has 1 fully saturated rings. The van der Waals surface area contributed by atoms with E-state index in [4.69, 9.17) is 14.2 Å². The van der Waals surface area contributed by atoms with Crippen LogP contribution in [0.15, 0.2) is 24.3 Å². The molecule has 1 aromatic rings. The number of rotatable bonds is 5. The molecule has 0 amide bonds. The molecule has 0 spiro atoms. The molecule has 18 heavy (non-hydrogen) atoms. The van der Waals surface area contributed by atoms with Gasteiger partial charge in [-0.3, -0.25) is 0 Å². The van der Waals surface area contributed by atoms with Gasteiger partial charge in [0.15, 0.2) is 0 Å². The lowest BCUT2D eigenvalue weighted by molar-refractivity contribution is -0.133. The Bertz CT molecular complexity index is 345. The maximum atomic E-state index is 5.59. The Kier molecular flexibility index (Phi) is 4.84. The van der Waals surface area contributed by atoms with E-state index < -0.39 is 0 Å². The van der Waals surface area contributed by atoms with Crippen LogP contribution < -0.4 is 10.1 Å². The van der Waals surface area contributed by atoms with E-state index >= 15 is 0 Å². The van der Waals surface area contributed by atoms with Gasteiger partial charge in [-0.15, -0.1) is 0 Å². The number of nitrogens with one attached hydrogen (secondary N) is 1. The van der Waals surface area contributed by atoms with Crippen molar-refractivity contribution in [2.75, 3.05) is 25.3 Å². The van der Waals surface area contributed by atoms with E-state index in [-0.39, 0.29) is 12.2 Å². The van der Waals surface area contributed by atoms with E-state index in [2.05, 4.69) is 5.32 Å². The van der Waals surface area contributed by atoms with Gasteiger partial charge in [0.1, 0.15) is 12.5 Å². The van der Waals surface area contributed by atoms with E-state index in [1.807, 2.05) is 38.1 Å². The second-order valence-corrected chi connectivity index (χ2v) is 4.68. The minimum Gasteiger partial charge on any atom is -0.491 e. The number of hydrogen-bond donors (Lipinski definition) is 1. The minimum absolute atomic E-state index is 0.208. The lowest BCUT2D eigenvalue weighted by Gasteiger charge is -2.23. The highest BCUT2D eigenvalue weighted by atomic mass is 16.7. The summed E-state index contributed by atoms with van der Waals surface area (Å²) in [5.41, 5.74) is 1.08. The number of benzene rings is 1. The van der Waals surface area contributed by atoms with Crippen LogP contribution in [0.2, 0.25) is 0 Å². The standard InChI is InChI=1S/C14H21NO3/c1-11(2)18-13-5-3-12(4-6-13)15-9-14-7-8-16-10-17-14/h3-6,11,14-15H,7-10H2,1-2H3. The summed E-state index contributed by atoms with van der Waals surface area (Å²) in [6.45, 7) is 6.05. The van der Waals surface area contributed by atoms with Gasteiger partial charge in [-0.2, -0.15) is 0 Å². The largest absolute Gasteiger partial charge is 0.491 e. The molecule has 4 heteroatoms. The monoisotopic (exact) mass is 251 g/mol. The summed E-state index contributed by atoms with van der Waals surface area (Å²) >= 11 is 0. The molecule has 0 bridgehead atoms. The predicted molar refractivity (Wildman–Crippen MR) is 71.0 cm³/mol. The molecule has 1 aromatic carbocycles. The van der Waals surface area contributed by atoms with Crippen LogP contribution in [0.5, 0.6) is 5.75 Å². The second kappa shape index (κ2) is 6.61. The quantitative estimate of drug-likeness (QED) is 0.873. The molecule has 1 unspecified atom stereocenters. The molecule has 1 aliphatic heterocycles. The summed E-state index contributed by atoms with van der Waals surface area (Å²) in [6, 6.07) is 8.01. The second-order valence-electron chi connectivity index (χ2n) is 4.68. The first-order chi connectivity index (χ1) is 8.74. The van der Waals surface area contributed by atoms with Gasteiger partial charge in [0, 0.05) is 12.2 Å². The smallest absolute Gasteiger partial charge is 0.147 e. The Balaban J connectivity index is 1.78. The lowest BCUT2D eigenvalue weighted by atomic mass is 10.2. The van der Waals surface area contributed by atoms with E-state index in [0.717, 1.165) is 31.0 Å². The van der Waals surface area contributed by atoms with Crippen LogP contribution in [0.4, 0.5) is 5.69 Å².